The number of thiazole rings is 1. The molecule has 0 atom stereocenters. The van der Waals surface area contributed by atoms with Gasteiger partial charge in [-0.15, -0.1) is 11.3 Å². The zero-order chi connectivity index (χ0) is 33.3. The van der Waals surface area contributed by atoms with Crippen molar-refractivity contribution in [3.8, 4) is 22.4 Å². The lowest BCUT2D eigenvalue weighted by Gasteiger charge is -2.26. The van der Waals surface area contributed by atoms with Crippen LogP contribution in [-0.4, -0.2) is 70.7 Å². The number of hydrogen-bond donors (Lipinski definition) is 1. The first-order valence-electron chi connectivity index (χ1n) is 16.3. The average molecular weight is 695 g/mol. The predicted octanol–water partition coefficient (Wildman–Crippen LogP) is 6.36. The Kier molecular flexibility index (Phi) is 9.92. The molecule has 1 saturated heterocycles. The number of nitrogens with one attached hydrogen (secondary N) is 1. The van der Waals surface area contributed by atoms with Crippen LogP contribution in [0.5, 0.6) is 0 Å². The summed E-state index contributed by atoms with van der Waals surface area (Å²) in [6, 6.07) is 13.2. The molecule has 250 valence electrons. The van der Waals surface area contributed by atoms with Crippen LogP contribution in [-0.2, 0) is 41.5 Å². The third kappa shape index (κ3) is 7.81. The third-order valence-corrected chi connectivity index (χ3v) is 11.4. The SMILES string of the molecule is CC(C)(C)c1csc(CNC(=O)c2cccc(-c3cc(-c4nn(CCCN5CCCC5)c5c4CN(S(C)(=O)=O)CC5)ccc3Cl)c2)n1. The quantitative estimate of drug-likeness (QED) is 0.208. The van der Waals surface area contributed by atoms with E-state index in [1.165, 1.54) is 23.4 Å². The first-order valence-corrected chi connectivity index (χ1v) is 19.4. The molecule has 1 N–H and O–H groups in total. The summed E-state index contributed by atoms with van der Waals surface area (Å²) in [6.07, 6.45) is 5.40. The van der Waals surface area contributed by atoms with Crippen molar-refractivity contribution >= 4 is 38.9 Å². The summed E-state index contributed by atoms with van der Waals surface area (Å²) < 4.78 is 28.7. The Morgan fingerprint density at radius 2 is 1.83 bits per heavy atom. The minimum atomic E-state index is -3.36. The summed E-state index contributed by atoms with van der Waals surface area (Å²) >= 11 is 8.32. The fourth-order valence-corrected chi connectivity index (χ4v) is 8.31. The summed E-state index contributed by atoms with van der Waals surface area (Å²) in [6.45, 7) is 11.6. The highest BCUT2D eigenvalue weighted by Gasteiger charge is 2.30. The van der Waals surface area contributed by atoms with Gasteiger partial charge in [0.2, 0.25) is 10.0 Å². The standard InChI is InChI=1S/C35H43ClN6O3S2/c1-35(2,3)31-23-46-32(38-31)21-37-34(43)26-10-7-9-24(19-26)27-20-25(11-12-29(27)36)33-28-22-41(47(4,44)45)18-13-30(28)42(39-33)17-8-16-40-14-5-6-15-40/h7,9-12,19-20,23H,5-6,8,13-18,21-22H2,1-4H3,(H,37,43). The molecule has 0 bridgehead atoms. The number of benzene rings is 2. The maximum atomic E-state index is 13.2. The Bertz CT molecular complexity index is 1870. The molecule has 0 radical (unpaired) electrons. The molecule has 4 heterocycles. The van der Waals surface area contributed by atoms with Crippen molar-refractivity contribution in [2.45, 2.75) is 71.5 Å². The van der Waals surface area contributed by atoms with Crippen LogP contribution < -0.4 is 5.32 Å². The van der Waals surface area contributed by atoms with Gasteiger partial charge in [0.15, 0.2) is 0 Å². The summed E-state index contributed by atoms with van der Waals surface area (Å²) in [5.74, 6) is -0.186. The minimum absolute atomic E-state index is 0.0429. The van der Waals surface area contributed by atoms with Crippen LogP contribution in [0.2, 0.25) is 5.02 Å². The summed E-state index contributed by atoms with van der Waals surface area (Å²) in [4.78, 5) is 20.4. The second-order valence-corrected chi connectivity index (χ2v) is 16.9. The highest BCUT2D eigenvalue weighted by molar-refractivity contribution is 7.88. The van der Waals surface area contributed by atoms with E-state index in [0.717, 1.165) is 76.9 Å². The van der Waals surface area contributed by atoms with E-state index < -0.39 is 10.0 Å². The van der Waals surface area contributed by atoms with Crippen LogP contribution in [0.4, 0.5) is 0 Å². The highest BCUT2D eigenvalue weighted by atomic mass is 35.5. The van der Waals surface area contributed by atoms with E-state index in [1.54, 1.807) is 17.4 Å². The molecule has 0 spiro atoms. The number of fused-ring (bicyclic) bond motifs is 1. The van der Waals surface area contributed by atoms with Crippen molar-refractivity contribution in [2.24, 2.45) is 0 Å². The number of amides is 1. The number of aromatic nitrogens is 3. The molecule has 0 unspecified atom stereocenters. The first kappa shape index (κ1) is 33.8. The van der Waals surface area contributed by atoms with Gasteiger partial charge in [-0.05, 0) is 68.7 Å². The first-order chi connectivity index (χ1) is 22.4. The van der Waals surface area contributed by atoms with Crippen LogP contribution in [0.1, 0.15) is 72.4 Å². The lowest BCUT2D eigenvalue weighted by molar-refractivity contribution is 0.0951. The maximum absolute atomic E-state index is 13.2. The van der Waals surface area contributed by atoms with Crippen molar-refractivity contribution in [3.05, 3.63) is 80.4 Å². The van der Waals surface area contributed by atoms with E-state index in [9.17, 15) is 13.2 Å². The molecule has 0 saturated carbocycles. The molecule has 47 heavy (non-hydrogen) atoms. The van der Waals surface area contributed by atoms with Gasteiger partial charge in [0.25, 0.3) is 5.91 Å². The smallest absolute Gasteiger partial charge is 0.251 e. The Morgan fingerprint density at radius 3 is 2.55 bits per heavy atom. The van der Waals surface area contributed by atoms with E-state index in [2.05, 4.69) is 40.7 Å². The fourth-order valence-electron chi connectivity index (χ4n) is 6.33. The van der Waals surface area contributed by atoms with Crippen molar-refractivity contribution in [1.29, 1.82) is 0 Å². The fraction of sp³-hybridized carbons (Fsp3) is 0.457. The number of aryl methyl sites for hydroxylation is 1. The van der Waals surface area contributed by atoms with E-state index >= 15 is 0 Å². The molecule has 9 nitrogen and oxygen atoms in total. The van der Waals surface area contributed by atoms with Crippen molar-refractivity contribution in [3.63, 3.8) is 0 Å². The normalized spacial score (nSPS) is 16.0. The largest absolute Gasteiger partial charge is 0.346 e. The van der Waals surface area contributed by atoms with E-state index in [4.69, 9.17) is 16.7 Å². The van der Waals surface area contributed by atoms with Crippen molar-refractivity contribution in [1.82, 2.24) is 29.3 Å². The molecule has 2 aliphatic rings. The molecule has 2 aromatic carbocycles. The van der Waals surface area contributed by atoms with Gasteiger partial charge in [0.05, 0.1) is 24.2 Å². The zero-order valence-corrected chi connectivity index (χ0v) is 29.9. The molecule has 6 rings (SSSR count). The van der Waals surface area contributed by atoms with Gasteiger partial charge in [-0.1, -0.05) is 50.6 Å². The van der Waals surface area contributed by atoms with E-state index in [1.807, 2.05) is 41.8 Å². The Balaban J connectivity index is 1.26. The van der Waals surface area contributed by atoms with Gasteiger partial charge in [-0.2, -0.15) is 9.40 Å². The van der Waals surface area contributed by atoms with Crippen LogP contribution in [0, 0.1) is 0 Å². The van der Waals surface area contributed by atoms with E-state index in [0.29, 0.717) is 36.6 Å². The Hall–Kier alpha value is -3.09. The summed E-state index contributed by atoms with van der Waals surface area (Å²) in [5, 5.41) is 11.6. The number of sulfonamides is 1. The van der Waals surface area contributed by atoms with E-state index in [-0.39, 0.29) is 11.3 Å². The molecular formula is C35H43ClN6O3S2. The number of carbonyl (C=O) groups excluding carboxylic acids is 1. The van der Waals surface area contributed by atoms with Gasteiger partial charge in [0, 0.05) is 69.8 Å². The second kappa shape index (κ2) is 13.8. The highest BCUT2D eigenvalue weighted by Crippen LogP contribution is 2.36. The molecule has 4 aromatic rings. The topological polar surface area (TPSA) is 100 Å². The van der Waals surface area contributed by atoms with Crippen molar-refractivity contribution < 1.29 is 13.2 Å². The lowest BCUT2D eigenvalue weighted by atomic mass is 9.93. The van der Waals surface area contributed by atoms with Crippen LogP contribution >= 0.6 is 22.9 Å². The summed E-state index contributed by atoms with van der Waals surface area (Å²) in [7, 11) is -3.36. The lowest BCUT2D eigenvalue weighted by Crippen LogP contribution is -2.35. The van der Waals surface area contributed by atoms with Gasteiger partial charge >= 0.3 is 0 Å². The van der Waals surface area contributed by atoms with Crippen LogP contribution in [0.15, 0.2) is 47.8 Å². The number of nitrogens with zero attached hydrogens (tertiary/aromatic N) is 5. The molecule has 2 aromatic heterocycles. The minimum Gasteiger partial charge on any atom is -0.346 e. The van der Waals surface area contributed by atoms with Crippen molar-refractivity contribution in [2.75, 3.05) is 32.4 Å². The van der Waals surface area contributed by atoms with Gasteiger partial charge in [0.1, 0.15) is 5.01 Å². The average Bonchev–Trinajstić information content (AvgIpc) is 3.80. The Labute approximate surface area is 287 Å². The molecule has 1 amide bonds. The van der Waals surface area contributed by atoms with Gasteiger partial charge in [-0.25, -0.2) is 13.4 Å². The summed E-state index contributed by atoms with van der Waals surface area (Å²) in [5.41, 5.74) is 6.78. The molecule has 12 heteroatoms. The number of likely N-dealkylation sites (tertiary alicyclic amines) is 1. The number of halogens is 1. The van der Waals surface area contributed by atoms with Crippen LogP contribution in [0.25, 0.3) is 22.4 Å². The number of carbonyl (C=O) groups is 1. The number of hydrogen-bond acceptors (Lipinski definition) is 7. The molecule has 2 aliphatic heterocycles. The predicted molar refractivity (Wildman–Crippen MR) is 189 cm³/mol. The monoisotopic (exact) mass is 694 g/mol. The third-order valence-electron chi connectivity index (χ3n) is 9.01. The molecule has 1 fully saturated rings. The second-order valence-electron chi connectivity index (χ2n) is 13.6. The van der Waals surface area contributed by atoms with Gasteiger partial charge < -0.3 is 10.2 Å². The zero-order valence-electron chi connectivity index (χ0n) is 27.6. The number of rotatable bonds is 10. The van der Waals surface area contributed by atoms with Crippen LogP contribution in [0.3, 0.4) is 0 Å². The Morgan fingerprint density at radius 1 is 1.04 bits per heavy atom. The maximum Gasteiger partial charge on any atom is 0.251 e. The molecular weight excluding hydrogens is 652 g/mol. The van der Waals surface area contributed by atoms with Gasteiger partial charge in [-0.3, -0.25) is 9.48 Å². The molecule has 0 aliphatic carbocycles.